The van der Waals surface area contributed by atoms with Gasteiger partial charge >= 0.3 is 0 Å². The molecule has 2 nitrogen and oxygen atoms in total. The van der Waals surface area contributed by atoms with Crippen LogP contribution in [0.25, 0.3) is 22.3 Å². The lowest BCUT2D eigenvalue weighted by atomic mass is 10.1. The van der Waals surface area contributed by atoms with Gasteiger partial charge < -0.3 is 0 Å². The SMILES string of the molecule is Cc1ccc(Cl)cc1-c1nc(Cl)c2ccc(Br)c(C)c2n1. The summed E-state index contributed by atoms with van der Waals surface area (Å²) in [5.41, 5.74) is 3.84. The van der Waals surface area contributed by atoms with Crippen molar-refractivity contribution in [3.8, 4) is 11.4 Å². The number of aromatic nitrogens is 2. The predicted octanol–water partition coefficient (Wildman–Crippen LogP) is 5.98. The van der Waals surface area contributed by atoms with Gasteiger partial charge in [-0.05, 0) is 49.2 Å². The van der Waals surface area contributed by atoms with Crippen molar-refractivity contribution in [3.05, 3.63) is 56.1 Å². The Morgan fingerprint density at radius 2 is 1.76 bits per heavy atom. The van der Waals surface area contributed by atoms with Crippen molar-refractivity contribution < 1.29 is 0 Å². The van der Waals surface area contributed by atoms with Gasteiger partial charge in [-0.1, -0.05) is 45.2 Å². The van der Waals surface area contributed by atoms with Gasteiger partial charge in [-0.15, -0.1) is 0 Å². The number of halogens is 3. The fourth-order valence-corrected chi connectivity index (χ4v) is 2.95. The Morgan fingerprint density at radius 1 is 1.00 bits per heavy atom. The molecule has 5 heteroatoms. The summed E-state index contributed by atoms with van der Waals surface area (Å²) in [6.07, 6.45) is 0. The first-order chi connectivity index (χ1) is 9.97. The molecule has 0 N–H and O–H groups in total. The van der Waals surface area contributed by atoms with E-state index in [9.17, 15) is 0 Å². The van der Waals surface area contributed by atoms with Crippen LogP contribution in [0.15, 0.2) is 34.8 Å². The molecule has 0 saturated carbocycles. The van der Waals surface area contributed by atoms with Crippen molar-refractivity contribution in [1.82, 2.24) is 9.97 Å². The molecule has 1 heterocycles. The second kappa shape index (κ2) is 5.56. The molecule has 2 aromatic carbocycles. The number of hydrogen-bond acceptors (Lipinski definition) is 2. The zero-order valence-corrected chi connectivity index (χ0v) is 14.5. The first kappa shape index (κ1) is 14.8. The number of fused-ring (bicyclic) bond motifs is 1. The Bertz CT molecular complexity index is 863. The largest absolute Gasteiger partial charge is 0.228 e. The van der Waals surface area contributed by atoms with Gasteiger partial charge in [0, 0.05) is 20.4 Å². The molecule has 0 spiro atoms. The number of rotatable bonds is 1. The van der Waals surface area contributed by atoms with Gasteiger partial charge in [0.1, 0.15) is 5.15 Å². The molecule has 0 bridgehead atoms. The van der Waals surface area contributed by atoms with Crippen LogP contribution in [0.3, 0.4) is 0 Å². The molecule has 0 aliphatic heterocycles. The summed E-state index contributed by atoms with van der Waals surface area (Å²) in [5.74, 6) is 0.591. The lowest BCUT2D eigenvalue weighted by Crippen LogP contribution is -1.96. The molecule has 3 rings (SSSR count). The topological polar surface area (TPSA) is 25.8 Å². The first-order valence-electron chi connectivity index (χ1n) is 6.36. The lowest BCUT2D eigenvalue weighted by Gasteiger charge is -2.10. The van der Waals surface area contributed by atoms with E-state index in [1.807, 2.05) is 44.2 Å². The van der Waals surface area contributed by atoms with Gasteiger partial charge in [-0.2, -0.15) is 0 Å². The molecule has 0 aliphatic rings. The van der Waals surface area contributed by atoms with Crippen LogP contribution in [-0.2, 0) is 0 Å². The zero-order chi connectivity index (χ0) is 15.1. The van der Waals surface area contributed by atoms with Crippen molar-refractivity contribution >= 4 is 50.0 Å². The summed E-state index contributed by atoms with van der Waals surface area (Å²) in [4.78, 5) is 9.11. The Labute approximate surface area is 141 Å². The number of hydrogen-bond donors (Lipinski definition) is 0. The maximum absolute atomic E-state index is 6.33. The molecule has 0 atom stereocenters. The number of benzene rings is 2. The maximum Gasteiger partial charge on any atom is 0.161 e. The second-order valence-electron chi connectivity index (χ2n) is 4.87. The Hall–Kier alpha value is -1.16. The lowest BCUT2D eigenvalue weighted by molar-refractivity contribution is 1.20. The van der Waals surface area contributed by atoms with E-state index in [1.165, 1.54) is 0 Å². The monoisotopic (exact) mass is 380 g/mol. The van der Waals surface area contributed by atoms with Crippen molar-refractivity contribution in [3.63, 3.8) is 0 Å². The van der Waals surface area contributed by atoms with Crippen LogP contribution in [-0.4, -0.2) is 9.97 Å². The zero-order valence-electron chi connectivity index (χ0n) is 11.4. The average Bonchev–Trinajstić information content (AvgIpc) is 2.45. The molecule has 0 aliphatic carbocycles. The summed E-state index contributed by atoms with van der Waals surface area (Å²) < 4.78 is 0.999. The first-order valence-corrected chi connectivity index (χ1v) is 7.91. The van der Waals surface area contributed by atoms with Gasteiger partial charge in [0.2, 0.25) is 0 Å². The quantitative estimate of drug-likeness (QED) is 0.484. The molecule has 0 saturated heterocycles. The summed E-state index contributed by atoms with van der Waals surface area (Å²) in [6.45, 7) is 4.01. The van der Waals surface area contributed by atoms with E-state index < -0.39 is 0 Å². The molecule has 1 aromatic heterocycles. The molecular weight excluding hydrogens is 371 g/mol. The Morgan fingerprint density at radius 3 is 2.52 bits per heavy atom. The molecule has 0 amide bonds. The molecule has 106 valence electrons. The smallest absolute Gasteiger partial charge is 0.161 e. The van der Waals surface area contributed by atoms with Crippen molar-refractivity contribution in [2.45, 2.75) is 13.8 Å². The van der Waals surface area contributed by atoms with E-state index in [1.54, 1.807) is 0 Å². The predicted molar refractivity (Wildman–Crippen MR) is 92.2 cm³/mol. The van der Waals surface area contributed by atoms with Crippen molar-refractivity contribution in [2.75, 3.05) is 0 Å². The van der Waals surface area contributed by atoms with Gasteiger partial charge in [0.05, 0.1) is 5.52 Å². The van der Waals surface area contributed by atoms with Crippen LogP contribution >= 0.6 is 39.1 Å². The second-order valence-corrected chi connectivity index (χ2v) is 6.51. The highest BCUT2D eigenvalue weighted by Gasteiger charge is 2.13. The summed E-state index contributed by atoms with van der Waals surface area (Å²) in [5, 5.41) is 1.95. The van der Waals surface area contributed by atoms with Crippen LogP contribution in [0.4, 0.5) is 0 Å². The third-order valence-electron chi connectivity index (χ3n) is 3.45. The van der Waals surface area contributed by atoms with Gasteiger partial charge in [-0.25, -0.2) is 9.97 Å². The minimum Gasteiger partial charge on any atom is -0.228 e. The van der Waals surface area contributed by atoms with Crippen LogP contribution in [0.1, 0.15) is 11.1 Å². The molecular formula is C16H11BrCl2N2. The molecule has 0 radical (unpaired) electrons. The number of nitrogens with zero attached hydrogens (tertiary/aromatic N) is 2. The van der Waals surface area contributed by atoms with Gasteiger partial charge in [0.25, 0.3) is 0 Å². The minimum absolute atomic E-state index is 0.449. The molecule has 3 aromatic rings. The van der Waals surface area contributed by atoms with E-state index in [2.05, 4.69) is 25.9 Å². The van der Waals surface area contributed by atoms with E-state index in [4.69, 9.17) is 23.2 Å². The highest BCUT2D eigenvalue weighted by atomic mass is 79.9. The van der Waals surface area contributed by atoms with E-state index in [0.29, 0.717) is 16.0 Å². The van der Waals surface area contributed by atoms with Crippen LogP contribution in [0.2, 0.25) is 10.2 Å². The van der Waals surface area contributed by atoms with E-state index >= 15 is 0 Å². The summed E-state index contributed by atoms with van der Waals surface area (Å²) in [6, 6.07) is 9.54. The molecule has 0 unspecified atom stereocenters. The molecule has 21 heavy (non-hydrogen) atoms. The summed E-state index contributed by atoms with van der Waals surface area (Å²) in [7, 11) is 0. The normalized spacial score (nSPS) is 11.1. The highest BCUT2D eigenvalue weighted by molar-refractivity contribution is 9.10. The fraction of sp³-hybridized carbons (Fsp3) is 0.125. The van der Waals surface area contributed by atoms with Crippen LogP contribution in [0, 0.1) is 13.8 Å². The third kappa shape index (κ3) is 2.66. The number of aryl methyl sites for hydroxylation is 2. The van der Waals surface area contributed by atoms with Crippen LogP contribution in [0.5, 0.6) is 0 Å². The van der Waals surface area contributed by atoms with Gasteiger partial charge in [0.15, 0.2) is 5.82 Å². The highest BCUT2D eigenvalue weighted by Crippen LogP contribution is 2.32. The third-order valence-corrected chi connectivity index (χ3v) is 4.83. The summed E-state index contributed by atoms with van der Waals surface area (Å²) >= 11 is 15.9. The van der Waals surface area contributed by atoms with Crippen molar-refractivity contribution in [1.29, 1.82) is 0 Å². The maximum atomic E-state index is 6.33. The standard InChI is InChI=1S/C16H11BrCl2N2/c1-8-3-4-10(18)7-12(8)16-20-14-9(2)13(17)6-5-11(14)15(19)21-16/h3-7H,1-2H3. The molecule has 0 fully saturated rings. The van der Waals surface area contributed by atoms with E-state index in [-0.39, 0.29) is 0 Å². The van der Waals surface area contributed by atoms with Gasteiger partial charge in [-0.3, -0.25) is 0 Å². The Kier molecular flexibility index (Phi) is 3.91. The van der Waals surface area contributed by atoms with Crippen molar-refractivity contribution in [2.24, 2.45) is 0 Å². The van der Waals surface area contributed by atoms with E-state index in [0.717, 1.165) is 32.1 Å². The average molecular weight is 382 g/mol. The van der Waals surface area contributed by atoms with Crippen LogP contribution < -0.4 is 0 Å². The minimum atomic E-state index is 0.449. The fourth-order valence-electron chi connectivity index (χ4n) is 2.23. The Balaban J connectivity index is 2.34.